The van der Waals surface area contributed by atoms with Gasteiger partial charge in [0.25, 0.3) is 5.91 Å². The summed E-state index contributed by atoms with van der Waals surface area (Å²) in [4.78, 5) is 18.5. The molecule has 1 atom stereocenters. The topological polar surface area (TPSA) is 71.8 Å². The zero-order valence-electron chi connectivity index (χ0n) is 21.2. The largest absolute Gasteiger partial charge is 0.328 e. The summed E-state index contributed by atoms with van der Waals surface area (Å²) in [5.41, 5.74) is 7.58. The van der Waals surface area contributed by atoms with Crippen LogP contribution in [0.2, 0.25) is 5.02 Å². The van der Waals surface area contributed by atoms with Crippen molar-refractivity contribution in [2.45, 2.75) is 44.6 Å². The van der Waals surface area contributed by atoms with E-state index in [4.69, 9.17) is 21.7 Å². The Bertz CT molecular complexity index is 1490. The highest BCUT2D eigenvalue weighted by atomic mass is 35.5. The highest BCUT2D eigenvalue weighted by molar-refractivity contribution is 7.98. The summed E-state index contributed by atoms with van der Waals surface area (Å²) in [6.07, 6.45) is 0. The number of nitrogens with one attached hydrogen (secondary N) is 2. The van der Waals surface area contributed by atoms with Crippen molar-refractivity contribution < 1.29 is 4.79 Å². The average molecular weight is 530 g/mol. The minimum Gasteiger partial charge on any atom is -0.328 e. The monoisotopic (exact) mass is 529 g/mol. The van der Waals surface area contributed by atoms with Gasteiger partial charge in [0.15, 0.2) is 0 Å². The van der Waals surface area contributed by atoms with Gasteiger partial charge in [0, 0.05) is 22.2 Å². The van der Waals surface area contributed by atoms with Crippen molar-refractivity contribution in [2.75, 3.05) is 10.6 Å². The third-order valence-electron chi connectivity index (χ3n) is 6.38. The van der Waals surface area contributed by atoms with Crippen LogP contribution in [0.25, 0.3) is 0 Å². The smallest absolute Gasteiger partial charge is 0.255 e. The number of nitrogens with zero attached hydrogens (tertiary/aromatic N) is 3. The van der Waals surface area contributed by atoms with Gasteiger partial charge in [-0.1, -0.05) is 83.0 Å². The Kier molecular flexibility index (Phi) is 7.09. The van der Waals surface area contributed by atoms with Crippen LogP contribution in [0.1, 0.15) is 40.8 Å². The highest BCUT2D eigenvalue weighted by Crippen LogP contribution is 2.37. The van der Waals surface area contributed by atoms with E-state index in [1.165, 1.54) is 0 Å². The predicted molar refractivity (Wildman–Crippen MR) is 151 cm³/mol. The van der Waals surface area contributed by atoms with Crippen molar-refractivity contribution in [3.05, 3.63) is 111 Å². The number of carbonyl (C=O) groups excluding carboxylic acids is 1. The molecule has 0 saturated carbocycles. The molecule has 2 N–H and O–H groups in total. The molecule has 3 aromatic carbocycles. The van der Waals surface area contributed by atoms with Gasteiger partial charge in [0.2, 0.25) is 11.1 Å². The molecular formula is C29H28ClN5OS. The molecule has 1 amide bonds. The molecule has 1 aliphatic rings. The molecule has 1 unspecified atom stereocenters. The first-order valence-corrected chi connectivity index (χ1v) is 13.4. The van der Waals surface area contributed by atoms with E-state index in [2.05, 4.69) is 41.0 Å². The number of aryl methyl sites for hydroxylation is 3. The van der Waals surface area contributed by atoms with Crippen LogP contribution in [0.3, 0.4) is 0 Å². The van der Waals surface area contributed by atoms with Crippen LogP contribution < -0.4 is 10.6 Å². The number of amides is 1. The molecule has 0 saturated heterocycles. The first kappa shape index (κ1) is 25.1. The first-order valence-electron chi connectivity index (χ1n) is 12.1. The number of carbonyl (C=O) groups is 1. The minimum atomic E-state index is -0.417. The van der Waals surface area contributed by atoms with Crippen molar-refractivity contribution in [2.24, 2.45) is 0 Å². The Balaban J connectivity index is 1.48. The zero-order chi connectivity index (χ0) is 26.1. The molecule has 0 aliphatic carbocycles. The number of anilines is 2. The van der Waals surface area contributed by atoms with E-state index in [0.717, 1.165) is 39.2 Å². The number of thioether (sulfide) groups is 1. The van der Waals surface area contributed by atoms with Crippen molar-refractivity contribution in [1.29, 1.82) is 0 Å². The summed E-state index contributed by atoms with van der Waals surface area (Å²) in [5.74, 6) is 1.16. The zero-order valence-corrected chi connectivity index (χ0v) is 22.7. The molecular weight excluding hydrogens is 502 g/mol. The molecule has 1 aliphatic heterocycles. The van der Waals surface area contributed by atoms with Gasteiger partial charge in [0.1, 0.15) is 6.04 Å². The lowest BCUT2D eigenvalue weighted by atomic mass is 9.94. The fourth-order valence-electron chi connectivity index (χ4n) is 4.42. The number of benzene rings is 3. The molecule has 0 radical (unpaired) electrons. The number of hydrogen-bond donors (Lipinski definition) is 2. The van der Waals surface area contributed by atoms with E-state index in [1.807, 2.05) is 68.8 Å². The molecule has 0 spiro atoms. The third kappa shape index (κ3) is 5.43. The molecule has 2 heterocycles. The standard InChI is InChI=1S/C29H28ClN5OS/c1-17-5-10-22(11-6-17)26-25(27(36)32-24-14-7-18(2)15-19(24)3)20(4)31-28-33-29(34-35(26)28)37-16-21-8-12-23(30)13-9-21/h5-15,26H,16H2,1-4H3,(H,32,36)(H,31,33,34). The Morgan fingerprint density at radius 3 is 2.41 bits per heavy atom. The second kappa shape index (κ2) is 10.4. The number of rotatable bonds is 6. The van der Waals surface area contributed by atoms with Crippen LogP contribution in [0.15, 0.2) is 83.2 Å². The van der Waals surface area contributed by atoms with Crippen molar-refractivity contribution in [3.8, 4) is 0 Å². The molecule has 5 rings (SSSR count). The van der Waals surface area contributed by atoms with Crippen LogP contribution in [-0.4, -0.2) is 20.7 Å². The maximum Gasteiger partial charge on any atom is 0.255 e. The van der Waals surface area contributed by atoms with E-state index >= 15 is 0 Å². The average Bonchev–Trinajstić information content (AvgIpc) is 3.27. The summed E-state index contributed by atoms with van der Waals surface area (Å²) in [5, 5.41) is 12.6. The SMILES string of the molecule is CC1=C(C(=O)Nc2ccc(C)cc2C)C(c2ccc(C)cc2)n2nc(SCc3ccc(Cl)cc3)nc2N1. The van der Waals surface area contributed by atoms with Gasteiger partial charge in [-0.15, -0.1) is 5.10 Å². The van der Waals surface area contributed by atoms with Gasteiger partial charge in [-0.2, -0.15) is 4.98 Å². The summed E-state index contributed by atoms with van der Waals surface area (Å²) >= 11 is 7.56. The van der Waals surface area contributed by atoms with E-state index in [0.29, 0.717) is 27.5 Å². The second-order valence-corrected chi connectivity index (χ2v) is 10.7. The molecule has 188 valence electrons. The number of allylic oxidation sites excluding steroid dienone is 1. The first-order chi connectivity index (χ1) is 17.8. The quantitative estimate of drug-likeness (QED) is 0.261. The maximum atomic E-state index is 13.7. The van der Waals surface area contributed by atoms with Gasteiger partial charge >= 0.3 is 0 Å². The van der Waals surface area contributed by atoms with Crippen molar-refractivity contribution in [1.82, 2.24) is 14.8 Å². The van der Waals surface area contributed by atoms with Crippen LogP contribution in [0.5, 0.6) is 0 Å². The molecule has 8 heteroatoms. The lowest BCUT2D eigenvalue weighted by molar-refractivity contribution is -0.113. The number of fused-ring (bicyclic) bond motifs is 1. The molecule has 6 nitrogen and oxygen atoms in total. The van der Waals surface area contributed by atoms with Gasteiger partial charge < -0.3 is 10.6 Å². The summed E-state index contributed by atoms with van der Waals surface area (Å²) in [7, 11) is 0. The Labute approximate surface area is 226 Å². The highest BCUT2D eigenvalue weighted by Gasteiger charge is 2.34. The van der Waals surface area contributed by atoms with Crippen LogP contribution >= 0.6 is 23.4 Å². The number of aromatic nitrogens is 3. The summed E-state index contributed by atoms with van der Waals surface area (Å²) in [6, 6.07) is 21.6. The van der Waals surface area contributed by atoms with Crippen LogP contribution in [0, 0.1) is 20.8 Å². The Hall–Kier alpha value is -3.55. The number of halogens is 1. The van der Waals surface area contributed by atoms with E-state index in [1.54, 1.807) is 11.8 Å². The predicted octanol–water partition coefficient (Wildman–Crippen LogP) is 7.08. The van der Waals surface area contributed by atoms with Gasteiger partial charge in [-0.05, 0) is 62.6 Å². The maximum absolute atomic E-state index is 13.7. The van der Waals surface area contributed by atoms with Crippen LogP contribution in [0.4, 0.5) is 11.6 Å². The lowest BCUT2D eigenvalue weighted by Gasteiger charge is -2.29. The lowest BCUT2D eigenvalue weighted by Crippen LogP contribution is -2.31. The van der Waals surface area contributed by atoms with Crippen molar-refractivity contribution >= 4 is 40.9 Å². The molecule has 0 bridgehead atoms. The molecule has 1 aromatic heterocycles. The fraction of sp³-hybridized carbons (Fsp3) is 0.207. The van der Waals surface area contributed by atoms with E-state index < -0.39 is 6.04 Å². The molecule has 37 heavy (non-hydrogen) atoms. The Morgan fingerprint density at radius 2 is 1.70 bits per heavy atom. The number of hydrogen-bond acceptors (Lipinski definition) is 5. The summed E-state index contributed by atoms with van der Waals surface area (Å²) < 4.78 is 1.82. The summed E-state index contributed by atoms with van der Waals surface area (Å²) in [6.45, 7) is 8.00. The van der Waals surface area contributed by atoms with Crippen molar-refractivity contribution in [3.63, 3.8) is 0 Å². The molecule has 4 aromatic rings. The van der Waals surface area contributed by atoms with Gasteiger partial charge in [-0.3, -0.25) is 4.79 Å². The van der Waals surface area contributed by atoms with E-state index in [9.17, 15) is 4.79 Å². The Morgan fingerprint density at radius 1 is 1.00 bits per heavy atom. The van der Waals surface area contributed by atoms with E-state index in [-0.39, 0.29) is 5.91 Å². The second-order valence-electron chi connectivity index (χ2n) is 9.33. The third-order valence-corrected chi connectivity index (χ3v) is 7.54. The normalized spacial score (nSPS) is 14.8. The van der Waals surface area contributed by atoms with Gasteiger partial charge in [-0.25, -0.2) is 4.68 Å². The molecule has 0 fully saturated rings. The minimum absolute atomic E-state index is 0.168. The fourth-order valence-corrected chi connectivity index (χ4v) is 5.33. The van der Waals surface area contributed by atoms with Gasteiger partial charge in [0.05, 0.1) is 5.57 Å². The van der Waals surface area contributed by atoms with Crippen LogP contribution in [-0.2, 0) is 10.5 Å².